The molecule has 1 amide bonds. The molecule has 1 aliphatic carbocycles. The molecule has 2 rings (SSSR count). The molecule has 5 heteroatoms. The Kier molecular flexibility index (Phi) is 5.19. The minimum Gasteiger partial charge on any atom is -0.448 e. The summed E-state index contributed by atoms with van der Waals surface area (Å²) in [5.41, 5.74) is 1.18. The summed E-state index contributed by atoms with van der Waals surface area (Å²) < 4.78 is 7.05. The van der Waals surface area contributed by atoms with E-state index < -0.39 is 6.09 Å². The second-order valence-corrected chi connectivity index (χ2v) is 5.92. The number of hydrogen-bond acceptors (Lipinski definition) is 3. The monoisotopic (exact) mass is 282 g/mol. The van der Waals surface area contributed by atoms with E-state index in [1.165, 1.54) is 49.1 Å². The SMILES string of the molecule is CCOC(=O)N=c1scc(C)n1CC1CCCCC1. The van der Waals surface area contributed by atoms with E-state index >= 15 is 0 Å². The van der Waals surface area contributed by atoms with E-state index in [-0.39, 0.29) is 0 Å². The third kappa shape index (κ3) is 3.93. The van der Waals surface area contributed by atoms with Crippen LogP contribution in [0.2, 0.25) is 0 Å². The van der Waals surface area contributed by atoms with Crippen molar-refractivity contribution in [2.75, 3.05) is 6.61 Å². The van der Waals surface area contributed by atoms with Gasteiger partial charge in [0.15, 0.2) is 4.80 Å². The summed E-state index contributed by atoms with van der Waals surface area (Å²) in [6, 6.07) is 0. The molecule has 1 aromatic heterocycles. The highest BCUT2D eigenvalue weighted by Gasteiger charge is 2.15. The van der Waals surface area contributed by atoms with Crippen LogP contribution in [-0.2, 0) is 11.3 Å². The standard InChI is InChI=1S/C14H22N2O2S/c1-3-18-14(17)15-13-16(11(2)10-19-13)9-12-7-5-4-6-8-12/h10,12H,3-9H2,1-2H3. The number of amides is 1. The molecule has 0 N–H and O–H groups in total. The van der Waals surface area contributed by atoms with Gasteiger partial charge in [-0.3, -0.25) is 0 Å². The number of nitrogens with zero attached hydrogens (tertiary/aromatic N) is 2. The van der Waals surface area contributed by atoms with Crippen molar-refractivity contribution in [3.63, 3.8) is 0 Å². The zero-order valence-electron chi connectivity index (χ0n) is 11.7. The maximum atomic E-state index is 11.5. The fourth-order valence-electron chi connectivity index (χ4n) is 2.59. The molecule has 1 fully saturated rings. The van der Waals surface area contributed by atoms with Crippen molar-refractivity contribution in [3.8, 4) is 0 Å². The van der Waals surface area contributed by atoms with Crippen LogP contribution in [0, 0.1) is 12.8 Å². The van der Waals surface area contributed by atoms with E-state index in [1.54, 1.807) is 6.92 Å². The lowest BCUT2D eigenvalue weighted by Crippen LogP contribution is -2.24. The maximum Gasteiger partial charge on any atom is 0.436 e. The molecule has 1 aliphatic rings. The van der Waals surface area contributed by atoms with E-state index in [0.717, 1.165) is 17.3 Å². The van der Waals surface area contributed by atoms with Crippen LogP contribution in [0.15, 0.2) is 10.4 Å². The van der Waals surface area contributed by atoms with E-state index in [4.69, 9.17) is 4.74 Å². The Morgan fingerprint density at radius 3 is 2.89 bits per heavy atom. The van der Waals surface area contributed by atoms with Gasteiger partial charge in [-0.2, -0.15) is 0 Å². The first-order chi connectivity index (χ1) is 9.20. The Bertz CT molecular complexity index is 484. The van der Waals surface area contributed by atoms with Crippen LogP contribution in [0.25, 0.3) is 0 Å². The van der Waals surface area contributed by atoms with Crippen LogP contribution >= 0.6 is 11.3 Å². The van der Waals surface area contributed by atoms with Crippen LogP contribution in [-0.4, -0.2) is 17.3 Å². The number of thiazole rings is 1. The molecule has 1 saturated carbocycles. The largest absolute Gasteiger partial charge is 0.448 e. The van der Waals surface area contributed by atoms with Gasteiger partial charge in [0.2, 0.25) is 0 Å². The first-order valence-electron chi connectivity index (χ1n) is 7.07. The van der Waals surface area contributed by atoms with Crippen LogP contribution in [0.3, 0.4) is 0 Å². The molecule has 19 heavy (non-hydrogen) atoms. The average Bonchev–Trinajstić information content (AvgIpc) is 2.73. The number of carbonyl (C=O) groups excluding carboxylic acids is 1. The highest BCUT2D eigenvalue weighted by molar-refractivity contribution is 7.07. The zero-order chi connectivity index (χ0) is 13.7. The summed E-state index contributed by atoms with van der Waals surface area (Å²) in [5, 5.41) is 2.06. The molecule has 0 aromatic carbocycles. The Labute approximate surface area is 118 Å². The van der Waals surface area contributed by atoms with Crippen LogP contribution in [0.4, 0.5) is 4.79 Å². The van der Waals surface area contributed by atoms with Crippen molar-refractivity contribution in [1.82, 2.24) is 4.57 Å². The predicted molar refractivity (Wildman–Crippen MR) is 76.2 cm³/mol. The number of hydrogen-bond donors (Lipinski definition) is 0. The number of carbonyl (C=O) groups is 1. The second kappa shape index (κ2) is 6.89. The quantitative estimate of drug-likeness (QED) is 0.851. The van der Waals surface area contributed by atoms with Gasteiger partial charge >= 0.3 is 6.09 Å². The Hall–Kier alpha value is -1.10. The van der Waals surface area contributed by atoms with Gasteiger partial charge in [-0.15, -0.1) is 16.3 Å². The van der Waals surface area contributed by atoms with Gasteiger partial charge in [-0.1, -0.05) is 19.3 Å². The Morgan fingerprint density at radius 1 is 1.47 bits per heavy atom. The number of aryl methyl sites for hydroxylation is 1. The van der Waals surface area contributed by atoms with Crippen LogP contribution in [0.1, 0.15) is 44.7 Å². The van der Waals surface area contributed by atoms with E-state index in [9.17, 15) is 4.79 Å². The van der Waals surface area contributed by atoms with E-state index in [2.05, 4.69) is 21.9 Å². The summed E-state index contributed by atoms with van der Waals surface area (Å²) in [6.45, 7) is 5.22. The van der Waals surface area contributed by atoms with Crippen molar-refractivity contribution in [2.24, 2.45) is 10.9 Å². The molecule has 0 aliphatic heterocycles. The summed E-state index contributed by atoms with van der Waals surface area (Å²) >= 11 is 1.51. The number of aromatic nitrogens is 1. The van der Waals surface area contributed by atoms with E-state index in [0.29, 0.717) is 6.61 Å². The number of ether oxygens (including phenoxy) is 1. The fourth-order valence-corrected chi connectivity index (χ4v) is 3.46. The van der Waals surface area contributed by atoms with Crippen molar-refractivity contribution in [1.29, 1.82) is 0 Å². The van der Waals surface area contributed by atoms with Gasteiger partial charge in [0.1, 0.15) is 0 Å². The van der Waals surface area contributed by atoms with Gasteiger partial charge in [-0.25, -0.2) is 4.79 Å². The van der Waals surface area contributed by atoms with Crippen LogP contribution in [0.5, 0.6) is 0 Å². The third-order valence-electron chi connectivity index (χ3n) is 3.61. The van der Waals surface area contributed by atoms with Crippen molar-refractivity contribution >= 4 is 17.4 Å². The van der Waals surface area contributed by atoms with Crippen LogP contribution < -0.4 is 4.80 Å². The molecule has 0 bridgehead atoms. The first-order valence-corrected chi connectivity index (χ1v) is 7.95. The molecule has 1 aromatic rings. The smallest absolute Gasteiger partial charge is 0.436 e. The summed E-state index contributed by atoms with van der Waals surface area (Å²) in [7, 11) is 0. The molecule has 106 valence electrons. The van der Waals surface area contributed by atoms with Crippen molar-refractivity contribution in [3.05, 3.63) is 15.9 Å². The van der Waals surface area contributed by atoms with Gasteiger partial charge in [0.05, 0.1) is 6.61 Å². The first kappa shape index (κ1) is 14.3. The van der Waals surface area contributed by atoms with Crippen molar-refractivity contribution < 1.29 is 9.53 Å². The number of rotatable bonds is 3. The molecule has 0 saturated heterocycles. The maximum absolute atomic E-state index is 11.5. The third-order valence-corrected chi connectivity index (χ3v) is 4.59. The van der Waals surface area contributed by atoms with Crippen molar-refractivity contribution in [2.45, 2.75) is 52.5 Å². The predicted octanol–water partition coefficient (Wildman–Crippen LogP) is 3.50. The Morgan fingerprint density at radius 2 is 2.21 bits per heavy atom. The second-order valence-electron chi connectivity index (χ2n) is 5.09. The van der Waals surface area contributed by atoms with Gasteiger partial charge in [-0.05, 0) is 32.6 Å². The van der Waals surface area contributed by atoms with Gasteiger partial charge in [0.25, 0.3) is 0 Å². The molecule has 0 unspecified atom stereocenters. The average molecular weight is 282 g/mol. The summed E-state index contributed by atoms with van der Waals surface area (Å²) in [4.78, 5) is 16.3. The minimum absolute atomic E-state index is 0.370. The van der Waals surface area contributed by atoms with Gasteiger partial charge in [0, 0.05) is 17.6 Å². The molecule has 4 nitrogen and oxygen atoms in total. The lowest BCUT2D eigenvalue weighted by atomic mass is 9.89. The van der Waals surface area contributed by atoms with Gasteiger partial charge < -0.3 is 9.30 Å². The summed E-state index contributed by atoms with van der Waals surface area (Å²) in [5.74, 6) is 0.725. The molecule has 0 atom stereocenters. The van der Waals surface area contributed by atoms with E-state index in [1.807, 2.05) is 0 Å². The Balaban J connectivity index is 2.14. The highest BCUT2D eigenvalue weighted by Crippen LogP contribution is 2.25. The molecule has 0 radical (unpaired) electrons. The highest BCUT2D eigenvalue weighted by atomic mass is 32.1. The minimum atomic E-state index is -0.484. The molecule has 1 heterocycles. The molecular formula is C14H22N2O2S. The topological polar surface area (TPSA) is 43.6 Å². The zero-order valence-corrected chi connectivity index (χ0v) is 12.5. The molecular weight excluding hydrogens is 260 g/mol. The fraction of sp³-hybridized carbons (Fsp3) is 0.714. The lowest BCUT2D eigenvalue weighted by molar-refractivity contribution is 0.162. The normalized spacial score (nSPS) is 17.7. The lowest BCUT2D eigenvalue weighted by Gasteiger charge is -2.22. The summed E-state index contributed by atoms with van der Waals surface area (Å²) in [6.07, 6.45) is 6.13. The molecule has 0 spiro atoms.